The topological polar surface area (TPSA) is 44.8 Å². The van der Waals surface area contributed by atoms with Crippen molar-refractivity contribution in [1.82, 2.24) is 15.1 Å². The Morgan fingerprint density at radius 1 is 1.03 bits per heavy atom. The van der Waals surface area contributed by atoms with Gasteiger partial charge in [-0.05, 0) is 54.9 Å². The van der Waals surface area contributed by atoms with Gasteiger partial charge in [-0.1, -0.05) is 37.6 Å². The quantitative estimate of drug-likeness (QED) is 0.686. The molecule has 30 heavy (non-hydrogen) atoms. The summed E-state index contributed by atoms with van der Waals surface area (Å²) in [4.78, 5) is 17.5. The van der Waals surface area contributed by atoms with Gasteiger partial charge in [0.2, 0.25) is 0 Å². The number of nitrogens with one attached hydrogen (secondary N) is 1. The number of benzene rings is 2. The summed E-state index contributed by atoms with van der Waals surface area (Å²) in [5, 5.41) is 3.84. The molecule has 1 unspecified atom stereocenters. The standard InChI is InChI=1S/C24H32ClN3O2/c1-18(2)17-30-22-10-6-20(7-11-22)24(29)26-16-23(19-4-8-21(25)9-5-19)28-14-12-27(3)13-15-28/h4-11,18,23H,12-17H2,1-3H3,(H,26,29). The summed E-state index contributed by atoms with van der Waals surface area (Å²) < 4.78 is 5.70. The maximum atomic E-state index is 12.7. The highest BCUT2D eigenvalue weighted by molar-refractivity contribution is 6.30. The molecule has 1 amide bonds. The van der Waals surface area contributed by atoms with Crippen molar-refractivity contribution in [3.05, 3.63) is 64.7 Å². The molecule has 1 heterocycles. The molecule has 0 saturated carbocycles. The third-order valence-corrected chi connectivity index (χ3v) is 5.64. The minimum atomic E-state index is -0.0708. The molecule has 3 rings (SSSR count). The van der Waals surface area contributed by atoms with Crippen molar-refractivity contribution in [3.63, 3.8) is 0 Å². The van der Waals surface area contributed by atoms with E-state index in [4.69, 9.17) is 16.3 Å². The second kappa shape index (κ2) is 10.8. The van der Waals surface area contributed by atoms with Crippen LogP contribution in [0.4, 0.5) is 0 Å². The van der Waals surface area contributed by atoms with Crippen molar-refractivity contribution in [2.24, 2.45) is 5.92 Å². The second-order valence-electron chi connectivity index (χ2n) is 8.35. The zero-order valence-corrected chi connectivity index (χ0v) is 18.9. The van der Waals surface area contributed by atoms with E-state index in [0.29, 0.717) is 24.6 Å². The van der Waals surface area contributed by atoms with Crippen LogP contribution < -0.4 is 10.1 Å². The van der Waals surface area contributed by atoms with Crippen molar-refractivity contribution in [3.8, 4) is 5.75 Å². The van der Waals surface area contributed by atoms with Gasteiger partial charge >= 0.3 is 0 Å². The van der Waals surface area contributed by atoms with Gasteiger partial charge in [-0.15, -0.1) is 0 Å². The first-order valence-corrected chi connectivity index (χ1v) is 11.0. The van der Waals surface area contributed by atoms with Crippen LogP contribution in [0, 0.1) is 5.92 Å². The molecule has 1 aliphatic rings. The molecule has 0 aliphatic carbocycles. The molecule has 0 spiro atoms. The molecule has 2 aromatic rings. The number of halogens is 1. The van der Waals surface area contributed by atoms with E-state index in [0.717, 1.165) is 37.0 Å². The summed E-state index contributed by atoms with van der Waals surface area (Å²) in [6.45, 7) is 9.43. The Labute approximate surface area is 185 Å². The van der Waals surface area contributed by atoms with Gasteiger partial charge in [-0.3, -0.25) is 9.69 Å². The summed E-state index contributed by atoms with van der Waals surface area (Å²) in [5.41, 5.74) is 1.81. The molecule has 1 saturated heterocycles. The number of amides is 1. The summed E-state index contributed by atoms with van der Waals surface area (Å²) in [6.07, 6.45) is 0. The van der Waals surface area contributed by atoms with Gasteiger partial charge in [0, 0.05) is 43.3 Å². The first-order chi connectivity index (χ1) is 14.4. The van der Waals surface area contributed by atoms with E-state index < -0.39 is 0 Å². The van der Waals surface area contributed by atoms with Gasteiger partial charge in [-0.25, -0.2) is 0 Å². The zero-order valence-electron chi connectivity index (χ0n) is 18.1. The number of rotatable bonds is 8. The second-order valence-corrected chi connectivity index (χ2v) is 8.78. The van der Waals surface area contributed by atoms with Gasteiger partial charge in [0.15, 0.2) is 0 Å². The number of ether oxygens (including phenoxy) is 1. The zero-order chi connectivity index (χ0) is 21.5. The number of likely N-dealkylation sites (N-methyl/N-ethyl adjacent to an activating group) is 1. The van der Waals surface area contributed by atoms with Crippen molar-refractivity contribution in [2.45, 2.75) is 19.9 Å². The van der Waals surface area contributed by atoms with E-state index in [9.17, 15) is 4.79 Å². The Hall–Kier alpha value is -2.08. The monoisotopic (exact) mass is 429 g/mol. The fourth-order valence-corrected chi connectivity index (χ4v) is 3.66. The third-order valence-electron chi connectivity index (χ3n) is 5.39. The molecule has 0 radical (unpaired) electrons. The van der Waals surface area contributed by atoms with E-state index in [1.807, 2.05) is 36.4 Å². The van der Waals surface area contributed by atoms with Crippen molar-refractivity contribution in [2.75, 3.05) is 46.4 Å². The number of nitrogens with zero attached hydrogens (tertiary/aromatic N) is 2. The molecule has 162 valence electrons. The maximum absolute atomic E-state index is 12.7. The lowest BCUT2D eigenvalue weighted by atomic mass is 10.0. The van der Waals surface area contributed by atoms with Crippen LogP contribution in [0.15, 0.2) is 48.5 Å². The van der Waals surface area contributed by atoms with E-state index in [2.05, 4.69) is 48.1 Å². The lowest BCUT2D eigenvalue weighted by Gasteiger charge is -2.38. The molecular weight excluding hydrogens is 398 g/mol. The maximum Gasteiger partial charge on any atom is 0.251 e. The molecule has 2 aromatic carbocycles. The van der Waals surface area contributed by atoms with E-state index in [-0.39, 0.29) is 11.9 Å². The van der Waals surface area contributed by atoms with Crippen LogP contribution in [0.1, 0.15) is 35.8 Å². The van der Waals surface area contributed by atoms with Crippen LogP contribution in [0.2, 0.25) is 5.02 Å². The highest BCUT2D eigenvalue weighted by Crippen LogP contribution is 2.23. The fourth-order valence-electron chi connectivity index (χ4n) is 3.53. The molecule has 1 N–H and O–H groups in total. The smallest absolute Gasteiger partial charge is 0.251 e. The Morgan fingerprint density at radius 3 is 2.27 bits per heavy atom. The van der Waals surface area contributed by atoms with Crippen molar-refractivity contribution < 1.29 is 9.53 Å². The van der Waals surface area contributed by atoms with Crippen LogP contribution in [0.5, 0.6) is 5.75 Å². The number of hydrogen-bond donors (Lipinski definition) is 1. The molecule has 1 fully saturated rings. The van der Waals surface area contributed by atoms with Gasteiger partial charge in [0.25, 0.3) is 5.91 Å². The van der Waals surface area contributed by atoms with Crippen LogP contribution >= 0.6 is 11.6 Å². The minimum absolute atomic E-state index is 0.0708. The van der Waals surface area contributed by atoms with Crippen LogP contribution in [0.25, 0.3) is 0 Å². The van der Waals surface area contributed by atoms with Gasteiger partial charge in [0.1, 0.15) is 5.75 Å². The normalized spacial score (nSPS) is 16.4. The molecule has 1 atom stereocenters. The van der Waals surface area contributed by atoms with Gasteiger partial charge < -0.3 is 15.0 Å². The molecular formula is C24H32ClN3O2. The lowest BCUT2D eigenvalue weighted by Crippen LogP contribution is -2.48. The van der Waals surface area contributed by atoms with Crippen LogP contribution in [-0.4, -0.2) is 62.1 Å². The van der Waals surface area contributed by atoms with Crippen LogP contribution in [0.3, 0.4) is 0 Å². The molecule has 0 bridgehead atoms. The number of piperazine rings is 1. The number of hydrogen-bond acceptors (Lipinski definition) is 4. The molecule has 6 heteroatoms. The Kier molecular flexibility index (Phi) is 8.14. The predicted molar refractivity (Wildman–Crippen MR) is 122 cm³/mol. The predicted octanol–water partition coefficient (Wildman–Crippen LogP) is 4.09. The molecule has 5 nitrogen and oxygen atoms in total. The average molecular weight is 430 g/mol. The van der Waals surface area contributed by atoms with E-state index in [1.54, 1.807) is 0 Å². The van der Waals surface area contributed by atoms with Crippen molar-refractivity contribution in [1.29, 1.82) is 0 Å². The SMILES string of the molecule is CC(C)COc1ccc(C(=O)NCC(c2ccc(Cl)cc2)N2CCN(C)CC2)cc1. The Balaban J connectivity index is 1.64. The van der Waals surface area contributed by atoms with Crippen molar-refractivity contribution >= 4 is 17.5 Å². The van der Waals surface area contributed by atoms with Gasteiger partial charge in [-0.2, -0.15) is 0 Å². The Bertz CT molecular complexity index is 800. The van der Waals surface area contributed by atoms with Crippen LogP contribution in [-0.2, 0) is 0 Å². The largest absolute Gasteiger partial charge is 0.493 e. The number of carbonyl (C=O) groups is 1. The third kappa shape index (κ3) is 6.46. The lowest BCUT2D eigenvalue weighted by molar-refractivity contribution is 0.0886. The average Bonchev–Trinajstić information content (AvgIpc) is 2.75. The highest BCUT2D eigenvalue weighted by Gasteiger charge is 2.24. The molecule has 0 aromatic heterocycles. The first kappa shape index (κ1) is 22.6. The van der Waals surface area contributed by atoms with E-state index in [1.165, 1.54) is 5.56 Å². The summed E-state index contributed by atoms with van der Waals surface area (Å²) in [7, 11) is 2.14. The minimum Gasteiger partial charge on any atom is -0.493 e. The van der Waals surface area contributed by atoms with E-state index >= 15 is 0 Å². The highest BCUT2D eigenvalue weighted by atomic mass is 35.5. The summed E-state index contributed by atoms with van der Waals surface area (Å²) >= 11 is 6.08. The summed E-state index contributed by atoms with van der Waals surface area (Å²) in [6, 6.07) is 15.4. The first-order valence-electron chi connectivity index (χ1n) is 10.6. The fraction of sp³-hybridized carbons (Fsp3) is 0.458. The van der Waals surface area contributed by atoms with Gasteiger partial charge in [0.05, 0.1) is 12.6 Å². The molecule has 1 aliphatic heterocycles. The number of carbonyl (C=O) groups excluding carboxylic acids is 1. The summed E-state index contributed by atoms with van der Waals surface area (Å²) in [5.74, 6) is 1.18. The Morgan fingerprint density at radius 2 is 1.67 bits per heavy atom.